The van der Waals surface area contributed by atoms with Crippen molar-refractivity contribution in [3.63, 3.8) is 0 Å². The quantitative estimate of drug-likeness (QED) is 0.843. The maximum atomic E-state index is 14.7. The van der Waals surface area contributed by atoms with Crippen molar-refractivity contribution in [2.75, 3.05) is 18.4 Å². The number of anilines is 1. The van der Waals surface area contributed by atoms with Gasteiger partial charge in [0.25, 0.3) is 0 Å². The van der Waals surface area contributed by atoms with Crippen LogP contribution in [0, 0.1) is 0 Å². The molecule has 2 aromatic rings. The molecule has 1 saturated heterocycles. The lowest BCUT2D eigenvalue weighted by Gasteiger charge is -2.43. The number of rotatable bonds is 3. The molecule has 0 atom stereocenters. The Morgan fingerprint density at radius 1 is 1.38 bits per heavy atom. The van der Waals surface area contributed by atoms with Crippen molar-refractivity contribution in [2.45, 2.75) is 25.6 Å². The van der Waals surface area contributed by atoms with Crippen molar-refractivity contribution in [3.05, 3.63) is 36.4 Å². The Labute approximate surface area is 137 Å². The Bertz CT molecular complexity index is 754. The lowest BCUT2D eigenvalue weighted by molar-refractivity contribution is -0.153. The van der Waals surface area contributed by atoms with E-state index in [4.69, 9.17) is 0 Å². The van der Waals surface area contributed by atoms with Crippen LogP contribution in [-0.2, 0) is 15.3 Å². The van der Waals surface area contributed by atoms with E-state index < -0.39 is 17.5 Å². The fourth-order valence-electron chi connectivity index (χ4n) is 2.53. The van der Waals surface area contributed by atoms with Crippen LogP contribution in [0.5, 0.6) is 0 Å². The van der Waals surface area contributed by atoms with E-state index in [1.54, 1.807) is 18.3 Å². The molecule has 2 amide bonds. The molecule has 3 rings (SSSR count). The zero-order chi connectivity index (χ0) is 17.3. The summed E-state index contributed by atoms with van der Waals surface area (Å²) in [5.74, 6) is -1.48. The topological polar surface area (TPSA) is 93.0 Å². The van der Waals surface area contributed by atoms with E-state index in [1.165, 1.54) is 17.2 Å². The zero-order valence-electron chi connectivity index (χ0n) is 13.3. The van der Waals surface area contributed by atoms with Crippen molar-refractivity contribution in [2.24, 2.45) is 0 Å². The third kappa shape index (κ3) is 2.84. The first-order valence-electron chi connectivity index (χ1n) is 7.50. The lowest BCUT2D eigenvalue weighted by Crippen LogP contribution is -2.61. The molecule has 0 saturated carbocycles. The minimum atomic E-state index is -1.66. The molecule has 0 spiro atoms. The first-order valence-corrected chi connectivity index (χ1v) is 7.50. The van der Waals surface area contributed by atoms with Crippen LogP contribution in [0.2, 0.25) is 0 Å². The molecule has 1 fully saturated rings. The third-order valence-corrected chi connectivity index (χ3v) is 3.83. The minimum absolute atomic E-state index is 0.0222. The van der Waals surface area contributed by atoms with Crippen LogP contribution in [0.4, 0.5) is 10.3 Å². The monoisotopic (exact) mass is 332 g/mol. The minimum Gasteiger partial charge on any atom is -0.327 e. The van der Waals surface area contributed by atoms with E-state index in [9.17, 15) is 14.0 Å². The molecule has 1 aliphatic rings. The Morgan fingerprint density at radius 2 is 2.12 bits per heavy atom. The van der Waals surface area contributed by atoms with Crippen molar-refractivity contribution in [1.29, 1.82) is 0 Å². The molecular weight excluding hydrogens is 315 g/mol. The molecule has 1 aliphatic heterocycles. The smallest absolute Gasteiger partial charge is 0.316 e. The summed E-state index contributed by atoms with van der Waals surface area (Å²) in [6, 6.07) is 3.22. The number of amides is 2. The van der Waals surface area contributed by atoms with Gasteiger partial charge in [0.2, 0.25) is 5.95 Å². The van der Waals surface area contributed by atoms with Gasteiger partial charge < -0.3 is 4.90 Å². The van der Waals surface area contributed by atoms with Crippen molar-refractivity contribution in [1.82, 2.24) is 24.6 Å². The van der Waals surface area contributed by atoms with E-state index in [2.05, 4.69) is 20.4 Å². The third-order valence-electron chi connectivity index (χ3n) is 3.83. The summed E-state index contributed by atoms with van der Waals surface area (Å²) in [5, 5.41) is 6.38. The molecule has 126 valence electrons. The number of pyridine rings is 1. The number of hydrogen-bond donors (Lipinski definition) is 1. The summed E-state index contributed by atoms with van der Waals surface area (Å²) in [4.78, 5) is 33.1. The van der Waals surface area contributed by atoms with E-state index in [0.29, 0.717) is 5.56 Å². The van der Waals surface area contributed by atoms with Crippen molar-refractivity contribution < 1.29 is 14.0 Å². The molecule has 8 nitrogen and oxygen atoms in total. The van der Waals surface area contributed by atoms with Crippen molar-refractivity contribution in [3.8, 4) is 0 Å². The summed E-state index contributed by atoms with van der Waals surface area (Å²) in [7, 11) is 0. The second kappa shape index (κ2) is 5.99. The van der Waals surface area contributed by atoms with Gasteiger partial charge in [0.15, 0.2) is 5.67 Å². The van der Waals surface area contributed by atoms with Crippen LogP contribution in [0.1, 0.15) is 25.5 Å². The summed E-state index contributed by atoms with van der Waals surface area (Å²) in [6.07, 6.45) is 4.26. The largest absolute Gasteiger partial charge is 0.327 e. The average Bonchev–Trinajstić information content (AvgIpc) is 3.00. The van der Waals surface area contributed by atoms with Gasteiger partial charge in [-0.1, -0.05) is 6.07 Å². The number of likely N-dealkylation sites (tertiary alicyclic amines) is 1. The van der Waals surface area contributed by atoms with Gasteiger partial charge in [0, 0.05) is 18.0 Å². The molecule has 0 aliphatic carbocycles. The predicted octanol–water partition coefficient (Wildman–Crippen LogP) is 0.900. The molecule has 0 bridgehead atoms. The first-order chi connectivity index (χ1) is 11.4. The van der Waals surface area contributed by atoms with Gasteiger partial charge in [0.1, 0.15) is 6.33 Å². The maximum Gasteiger partial charge on any atom is 0.316 e. The second-order valence-corrected chi connectivity index (χ2v) is 5.94. The van der Waals surface area contributed by atoms with Crippen LogP contribution >= 0.6 is 0 Å². The van der Waals surface area contributed by atoms with E-state index in [0.717, 1.165) is 4.90 Å². The van der Waals surface area contributed by atoms with Gasteiger partial charge in [-0.3, -0.25) is 19.9 Å². The highest BCUT2D eigenvalue weighted by molar-refractivity contribution is 6.39. The summed E-state index contributed by atoms with van der Waals surface area (Å²) >= 11 is 0. The highest BCUT2D eigenvalue weighted by atomic mass is 19.1. The Hall–Kier alpha value is -2.84. The fourth-order valence-corrected chi connectivity index (χ4v) is 2.53. The summed E-state index contributed by atoms with van der Waals surface area (Å²) < 4.78 is 16.2. The summed E-state index contributed by atoms with van der Waals surface area (Å²) in [6.45, 7) is 3.38. The van der Waals surface area contributed by atoms with Gasteiger partial charge in [-0.2, -0.15) is 10.1 Å². The Balaban J connectivity index is 1.62. The SMILES string of the molecule is CC(C)n1ncnc1NC(=O)C(=O)N1CC(F)(c2cccnc2)C1. The highest BCUT2D eigenvalue weighted by Crippen LogP contribution is 2.35. The number of alkyl halides is 1. The number of halogens is 1. The molecule has 0 unspecified atom stereocenters. The molecule has 24 heavy (non-hydrogen) atoms. The zero-order valence-corrected chi connectivity index (χ0v) is 13.3. The van der Waals surface area contributed by atoms with Gasteiger partial charge >= 0.3 is 11.8 Å². The van der Waals surface area contributed by atoms with E-state index in [1.807, 2.05) is 13.8 Å². The Kier molecular flexibility index (Phi) is 4.00. The number of nitrogens with zero attached hydrogens (tertiary/aromatic N) is 5. The van der Waals surface area contributed by atoms with Gasteiger partial charge in [-0.05, 0) is 19.9 Å². The lowest BCUT2D eigenvalue weighted by atomic mass is 9.89. The standard InChI is InChI=1S/C15H17FN6O2/c1-10(2)22-14(18-9-19-22)20-12(23)13(24)21-7-15(16,8-21)11-4-3-5-17-6-11/h3-6,9-10H,7-8H2,1-2H3,(H,18,19,20,23). The van der Waals surface area contributed by atoms with Crippen LogP contribution in [0.3, 0.4) is 0 Å². The molecular formula is C15H17FN6O2. The van der Waals surface area contributed by atoms with E-state index >= 15 is 0 Å². The van der Waals surface area contributed by atoms with Crippen LogP contribution < -0.4 is 5.32 Å². The van der Waals surface area contributed by atoms with Crippen molar-refractivity contribution >= 4 is 17.8 Å². The van der Waals surface area contributed by atoms with Gasteiger partial charge in [-0.25, -0.2) is 9.07 Å². The van der Waals surface area contributed by atoms with Crippen LogP contribution in [0.15, 0.2) is 30.9 Å². The number of carbonyl (C=O) groups is 2. The molecule has 9 heteroatoms. The fraction of sp³-hybridized carbons (Fsp3) is 0.400. The highest BCUT2D eigenvalue weighted by Gasteiger charge is 2.48. The normalized spacial score (nSPS) is 15.9. The predicted molar refractivity (Wildman–Crippen MR) is 82.6 cm³/mol. The first kappa shape index (κ1) is 16.0. The number of hydrogen-bond acceptors (Lipinski definition) is 5. The molecule has 0 aromatic carbocycles. The average molecular weight is 332 g/mol. The molecule has 1 N–H and O–H groups in total. The molecule has 3 heterocycles. The van der Waals surface area contributed by atoms with E-state index in [-0.39, 0.29) is 25.1 Å². The maximum absolute atomic E-state index is 14.7. The number of nitrogens with one attached hydrogen (secondary N) is 1. The van der Waals surface area contributed by atoms with Gasteiger partial charge in [-0.15, -0.1) is 0 Å². The number of carbonyl (C=O) groups excluding carboxylic acids is 2. The number of aromatic nitrogens is 4. The Morgan fingerprint density at radius 3 is 2.75 bits per heavy atom. The second-order valence-electron chi connectivity index (χ2n) is 5.94. The molecule has 0 radical (unpaired) electrons. The summed E-state index contributed by atoms with van der Waals surface area (Å²) in [5.41, 5.74) is -1.27. The van der Waals surface area contributed by atoms with Crippen LogP contribution in [0.25, 0.3) is 0 Å². The van der Waals surface area contributed by atoms with Gasteiger partial charge in [0.05, 0.1) is 19.1 Å². The van der Waals surface area contributed by atoms with Crippen LogP contribution in [-0.4, -0.2) is 49.6 Å². The molecule has 2 aromatic heterocycles.